The average molecular weight is 345 g/mol. The zero-order chi connectivity index (χ0) is 18.5. The lowest BCUT2D eigenvalue weighted by Crippen LogP contribution is -2.14. The number of anilines is 2. The first-order valence-electron chi connectivity index (χ1n) is 8.65. The second-order valence-electron chi connectivity index (χ2n) is 6.54. The van der Waals surface area contributed by atoms with Gasteiger partial charge in [-0.05, 0) is 67.3 Å². The molecule has 0 saturated carbocycles. The number of rotatable bonds is 5. The summed E-state index contributed by atoms with van der Waals surface area (Å²) in [6.07, 6.45) is 1.65. The van der Waals surface area contributed by atoms with Crippen molar-refractivity contribution in [3.63, 3.8) is 0 Å². The van der Waals surface area contributed by atoms with Crippen molar-refractivity contribution in [1.82, 2.24) is 4.98 Å². The number of aromatic nitrogens is 1. The number of amides is 1. The van der Waals surface area contributed by atoms with E-state index in [4.69, 9.17) is 0 Å². The van der Waals surface area contributed by atoms with Crippen LogP contribution < -0.4 is 10.6 Å². The number of carbonyl (C=O) groups excluding carboxylic acids is 1. The average Bonchev–Trinajstić information content (AvgIpc) is 2.60. The van der Waals surface area contributed by atoms with E-state index in [1.54, 1.807) is 12.3 Å². The van der Waals surface area contributed by atoms with Gasteiger partial charge in [-0.3, -0.25) is 9.78 Å². The first-order valence-corrected chi connectivity index (χ1v) is 8.65. The summed E-state index contributed by atoms with van der Waals surface area (Å²) in [6.45, 7) is 6.81. The van der Waals surface area contributed by atoms with Gasteiger partial charge < -0.3 is 10.6 Å². The van der Waals surface area contributed by atoms with Crippen LogP contribution in [0.15, 0.2) is 60.8 Å². The lowest BCUT2D eigenvalue weighted by molar-refractivity contribution is 0.102. The van der Waals surface area contributed by atoms with Gasteiger partial charge in [0.05, 0.1) is 0 Å². The Morgan fingerprint density at radius 3 is 2.38 bits per heavy atom. The van der Waals surface area contributed by atoms with Gasteiger partial charge in [-0.1, -0.05) is 30.3 Å². The Bertz CT molecular complexity index is 914. The lowest BCUT2D eigenvalue weighted by atomic mass is 10.1. The Balaban J connectivity index is 1.70. The molecule has 2 aromatic carbocycles. The van der Waals surface area contributed by atoms with E-state index in [1.165, 1.54) is 11.1 Å². The largest absolute Gasteiger partial charge is 0.381 e. The molecule has 0 fully saturated rings. The molecule has 1 aromatic heterocycles. The minimum atomic E-state index is -0.213. The Hall–Kier alpha value is -3.14. The summed E-state index contributed by atoms with van der Waals surface area (Å²) < 4.78 is 0. The van der Waals surface area contributed by atoms with Gasteiger partial charge in [0.25, 0.3) is 5.91 Å². The van der Waals surface area contributed by atoms with Gasteiger partial charge in [0.2, 0.25) is 0 Å². The van der Waals surface area contributed by atoms with E-state index in [0.717, 1.165) is 22.5 Å². The van der Waals surface area contributed by atoms with Gasteiger partial charge in [-0.2, -0.15) is 0 Å². The van der Waals surface area contributed by atoms with Crippen molar-refractivity contribution in [1.29, 1.82) is 0 Å². The van der Waals surface area contributed by atoms with Crippen LogP contribution >= 0.6 is 0 Å². The Morgan fingerprint density at radius 2 is 1.65 bits per heavy atom. The van der Waals surface area contributed by atoms with Crippen LogP contribution in [0, 0.1) is 20.8 Å². The molecule has 26 heavy (non-hydrogen) atoms. The van der Waals surface area contributed by atoms with Crippen molar-refractivity contribution in [2.45, 2.75) is 27.3 Å². The van der Waals surface area contributed by atoms with Gasteiger partial charge in [0, 0.05) is 24.1 Å². The molecule has 0 atom stereocenters. The smallest absolute Gasteiger partial charge is 0.274 e. The maximum absolute atomic E-state index is 12.5. The summed E-state index contributed by atoms with van der Waals surface area (Å²) >= 11 is 0. The van der Waals surface area contributed by atoms with Crippen molar-refractivity contribution in [3.8, 4) is 0 Å². The molecule has 3 aromatic rings. The molecule has 0 radical (unpaired) electrons. The molecule has 3 rings (SSSR count). The fourth-order valence-corrected chi connectivity index (χ4v) is 2.91. The Labute approximate surface area is 154 Å². The van der Waals surface area contributed by atoms with E-state index in [0.29, 0.717) is 12.2 Å². The normalized spacial score (nSPS) is 10.4. The molecule has 2 N–H and O–H groups in total. The van der Waals surface area contributed by atoms with Crippen LogP contribution in [-0.4, -0.2) is 10.9 Å². The third kappa shape index (κ3) is 4.48. The van der Waals surface area contributed by atoms with Gasteiger partial charge in [0.1, 0.15) is 5.69 Å². The predicted molar refractivity (Wildman–Crippen MR) is 107 cm³/mol. The van der Waals surface area contributed by atoms with Crippen molar-refractivity contribution < 1.29 is 4.79 Å². The summed E-state index contributed by atoms with van der Waals surface area (Å²) in [5.41, 5.74) is 6.73. The van der Waals surface area contributed by atoms with Crippen LogP contribution in [0.25, 0.3) is 0 Å². The van der Waals surface area contributed by atoms with Crippen LogP contribution in [0.2, 0.25) is 0 Å². The molecule has 0 spiro atoms. The molecule has 0 aliphatic rings. The van der Waals surface area contributed by atoms with E-state index in [-0.39, 0.29) is 5.91 Å². The van der Waals surface area contributed by atoms with E-state index < -0.39 is 0 Å². The molecule has 132 valence electrons. The molecule has 0 unspecified atom stereocenters. The van der Waals surface area contributed by atoms with Crippen molar-refractivity contribution in [2.75, 3.05) is 10.6 Å². The molecular weight excluding hydrogens is 322 g/mol. The number of nitrogens with one attached hydrogen (secondary N) is 2. The molecule has 0 bridgehead atoms. The molecule has 0 aliphatic heterocycles. The van der Waals surface area contributed by atoms with E-state index in [1.807, 2.05) is 44.2 Å². The highest BCUT2D eigenvalue weighted by molar-refractivity contribution is 6.03. The van der Waals surface area contributed by atoms with Crippen LogP contribution in [0.5, 0.6) is 0 Å². The van der Waals surface area contributed by atoms with Crippen molar-refractivity contribution in [2.24, 2.45) is 0 Å². The second-order valence-corrected chi connectivity index (χ2v) is 6.54. The molecule has 4 nitrogen and oxygen atoms in total. The highest BCUT2D eigenvalue weighted by Crippen LogP contribution is 2.16. The minimum Gasteiger partial charge on any atom is -0.381 e. The molecule has 1 amide bonds. The number of hydrogen-bond donors (Lipinski definition) is 2. The van der Waals surface area contributed by atoms with Crippen LogP contribution in [-0.2, 0) is 6.54 Å². The van der Waals surface area contributed by atoms with E-state index in [9.17, 15) is 4.79 Å². The van der Waals surface area contributed by atoms with Crippen LogP contribution in [0.1, 0.15) is 32.7 Å². The summed E-state index contributed by atoms with van der Waals surface area (Å²) in [6, 6.07) is 17.9. The quantitative estimate of drug-likeness (QED) is 0.693. The zero-order valence-electron chi connectivity index (χ0n) is 15.3. The molecule has 0 aliphatic carbocycles. The van der Waals surface area contributed by atoms with E-state index >= 15 is 0 Å². The van der Waals surface area contributed by atoms with Gasteiger partial charge >= 0.3 is 0 Å². The number of nitrogens with zero attached hydrogens (tertiary/aromatic N) is 1. The first kappa shape index (κ1) is 17.7. The van der Waals surface area contributed by atoms with Crippen molar-refractivity contribution in [3.05, 3.63) is 88.7 Å². The highest BCUT2D eigenvalue weighted by Gasteiger charge is 2.09. The Kier molecular flexibility index (Phi) is 5.32. The number of carbonyl (C=O) groups is 1. The highest BCUT2D eigenvalue weighted by atomic mass is 16.1. The molecule has 0 saturated heterocycles. The minimum absolute atomic E-state index is 0.213. The zero-order valence-corrected chi connectivity index (χ0v) is 15.3. The van der Waals surface area contributed by atoms with E-state index in [2.05, 4.69) is 40.7 Å². The molecular formula is C22H23N3O. The second kappa shape index (κ2) is 7.83. The van der Waals surface area contributed by atoms with Crippen molar-refractivity contribution >= 4 is 17.3 Å². The SMILES string of the molecule is Cc1cc(C)cc(NC(=O)c2cc(NCc3ccccc3C)ccn2)c1. The van der Waals surface area contributed by atoms with Gasteiger partial charge in [0.15, 0.2) is 0 Å². The maximum Gasteiger partial charge on any atom is 0.274 e. The number of hydrogen-bond acceptors (Lipinski definition) is 3. The standard InChI is InChI=1S/C22H23N3O/c1-15-10-16(2)12-20(11-15)25-22(26)21-13-19(8-9-23-21)24-14-18-7-5-4-6-17(18)3/h4-13H,14H2,1-3H3,(H,23,24)(H,25,26). The molecule has 4 heteroatoms. The Morgan fingerprint density at radius 1 is 0.923 bits per heavy atom. The topological polar surface area (TPSA) is 54.0 Å². The maximum atomic E-state index is 12.5. The third-order valence-corrected chi connectivity index (χ3v) is 4.22. The van der Waals surface area contributed by atoms with Gasteiger partial charge in [-0.25, -0.2) is 0 Å². The van der Waals surface area contributed by atoms with Crippen LogP contribution in [0.3, 0.4) is 0 Å². The predicted octanol–water partition coefficient (Wildman–Crippen LogP) is 4.87. The monoisotopic (exact) mass is 345 g/mol. The third-order valence-electron chi connectivity index (χ3n) is 4.22. The number of pyridine rings is 1. The lowest BCUT2D eigenvalue weighted by Gasteiger charge is -2.11. The summed E-state index contributed by atoms with van der Waals surface area (Å²) in [4.78, 5) is 16.7. The number of aryl methyl sites for hydroxylation is 3. The number of benzene rings is 2. The summed E-state index contributed by atoms with van der Waals surface area (Å²) in [5, 5.41) is 6.28. The molecule has 1 heterocycles. The first-order chi connectivity index (χ1) is 12.5. The van der Waals surface area contributed by atoms with Gasteiger partial charge in [-0.15, -0.1) is 0 Å². The summed E-state index contributed by atoms with van der Waals surface area (Å²) in [5.74, 6) is -0.213. The summed E-state index contributed by atoms with van der Waals surface area (Å²) in [7, 11) is 0. The fraction of sp³-hybridized carbons (Fsp3) is 0.182. The fourth-order valence-electron chi connectivity index (χ4n) is 2.91. The van der Waals surface area contributed by atoms with Crippen LogP contribution in [0.4, 0.5) is 11.4 Å².